The highest BCUT2D eigenvalue weighted by molar-refractivity contribution is 7.89. The molecule has 1 aromatic heterocycles. The van der Waals surface area contributed by atoms with Gasteiger partial charge in [-0.2, -0.15) is 4.31 Å². The molecule has 138 valence electrons. The van der Waals surface area contributed by atoms with Crippen LogP contribution in [0.5, 0.6) is 0 Å². The molecule has 0 bridgehead atoms. The normalized spacial score (nSPS) is 16.6. The lowest BCUT2D eigenvalue weighted by molar-refractivity contribution is 0.0598. The first-order chi connectivity index (χ1) is 10.9. The first kappa shape index (κ1) is 21.0. The highest BCUT2D eigenvalue weighted by Crippen LogP contribution is 2.26. The molecule has 0 radical (unpaired) electrons. The topological polar surface area (TPSA) is 88.9 Å². The Bertz CT molecular complexity index is 651. The number of carbonyl (C=O) groups is 1. The van der Waals surface area contributed by atoms with Gasteiger partial charge in [-0.1, -0.05) is 6.92 Å². The summed E-state index contributed by atoms with van der Waals surface area (Å²) in [5.41, 5.74) is 0.146. The van der Waals surface area contributed by atoms with Crippen molar-refractivity contribution in [2.24, 2.45) is 5.92 Å². The molecule has 0 atom stereocenters. The zero-order valence-corrected chi connectivity index (χ0v) is 15.8. The van der Waals surface area contributed by atoms with E-state index in [1.54, 1.807) is 6.92 Å². The second kappa shape index (κ2) is 8.84. The fourth-order valence-electron chi connectivity index (χ4n) is 2.72. The molecular formula is C15H25ClN2O5S. The van der Waals surface area contributed by atoms with E-state index in [1.165, 1.54) is 17.5 Å². The molecule has 2 heterocycles. The molecule has 24 heavy (non-hydrogen) atoms. The van der Waals surface area contributed by atoms with E-state index < -0.39 is 16.0 Å². The van der Waals surface area contributed by atoms with Crippen LogP contribution < -0.4 is 5.32 Å². The van der Waals surface area contributed by atoms with E-state index in [9.17, 15) is 13.2 Å². The molecular weight excluding hydrogens is 356 g/mol. The number of esters is 1. The molecule has 9 heteroatoms. The third-order valence-corrected chi connectivity index (χ3v) is 5.91. The molecule has 1 aliphatic heterocycles. The second-order valence-corrected chi connectivity index (χ2v) is 7.55. The van der Waals surface area contributed by atoms with Crippen LogP contribution >= 0.6 is 12.4 Å². The van der Waals surface area contributed by atoms with Crippen LogP contribution in [0.2, 0.25) is 0 Å². The smallest absolute Gasteiger partial charge is 0.341 e. The van der Waals surface area contributed by atoms with E-state index in [0.29, 0.717) is 19.0 Å². The summed E-state index contributed by atoms with van der Waals surface area (Å²) in [5, 5.41) is 3.10. The summed E-state index contributed by atoms with van der Waals surface area (Å²) in [5.74, 6) is 0.139. The number of rotatable bonds is 6. The summed E-state index contributed by atoms with van der Waals surface area (Å²) in [6, 6.07) is 1.25. The van der Waals surface area contributed by atoms with E-state index in [4.69, 9.17) is 4.42 Å². The maximum absolute atomic E-state index is 12.6. The molecule has 1 fully saturated rings. The Morgan fingerprint density at radius 1 is 1.42 bits per heavy atom. The van der Waals surface area contributed by atoms with Crippen LogP contribution in [0.4, 0.5) is 0 Å². The van der Waals surface area contributed by atoms with Crippen molar-refractivity contribution in [3.63, 3.8) is 0 Å². The van der Waals surface area contributed by atoms with Crippen molar-refractivity contribution in [1.29, 1.82) is 0 Å². The minimum absolute atomic E-state index is 0. The minimum atomic E-state index is -3.71. The lowest BCUT2D eigenvalue weighted by Gasteiger charge is -2.30. The van der Waals surface area contributed by atoms with E-state index in [1.807, 2.05) is 0 Å². The maximum atomic E-state index is 12.6. The predicted molar refractivity (Wildman–Crippen MR) is 92.1 cm³/mol. The van der Waals surface area contributed by atoms with Crippen LogP contribution in [0, 0.1) is 12.8 Å². The Hall–Kier alpha value is -1.09. The Balaban J connectivity index is 0.00000288. The van der Waals surface area contributed by atoms with Crippen LogP contribution in [0.15, 0.2) is 15.6 Å². The van der Waals surface area contributed by atoms with E-state index >= 15 is 0 Å². The molecule has 0 saturated carbocycles. The van der Waals surface area contributed by atoms with Gasteiger partial charge in [0.2, 0.25) is 5.09 Å². The van der Waals surface area contributed by atoms with Crippen molar-refractivity contribution < 1.29 is 22.4 Å². The number of aryl methyl sites for hydroxylation is 1. The lowest BCUT2D eigenvalue weighted by Crippen LogP contribution is -2.40. The van der Waals surface area contributed by atoms with E-state index in [-0.39, 0.29) is 28.8 Å². The third kappa shape index (κ3) is 4.50. The SMILES string of the molecule is CCNCC1CCN(S(=O)(=O)c2cc(C(=O)OC)c(C)o2)CC1.Cl. The molecule has 0 amide bonds. The Morgan fingerprint density at radius 2 is 2.04 bits per heavy atom. The summed E-state index contributed by atoms with van der Waals surface area (Å²) >= 11 is 0. The van der Waals surface area contributed by atoms with E-state index in [0.717, 1.165) is 25.9 Å². The fraction of sp³-hybridized carbons (Fsp3) is 0.667. The largest absolute Gasteiger partial charge is 0.465 e. The fourth-order valence-corrected chi connectivity index (χ4v) is 4.17. The Morgan fingerprint density at radius 3 is 2.58 bits per heavy atom. The van der Waals surface area contributed by atoms with Crippen LogP contribution in [-0.4, -0.2) is 52.0 Å². The standard InChI is InChI=1S/C15H24N2O5S.ClH/c1-4-16-10-12-5-7-17(8-6-12)23(19,20)14-9-13(11(2)22-14)15(18)21-3;/h9,12,16H,4-8,10H2,1-3H3;1H. The van der Waals surface area contributed by atoms with Gasteiger partial charge in [0.15, 0.2) is 0 Å². The third-order valence-electron chi connectivity index (χ3n) is 4.15. The van der Waals surface area contributed by atoms with Gasteiger partial charge in [-0.05, 0) is 38.8 Å². The van der Waals surface area contributed by atoms with Crippen LogP contribution in [-0.2, 0) is 14.8 Å². The number of methoxy groups -OCH3 is 1. The van der Waals surface area contributed by atoms with Crippen molar-refractivity contribution in [3.8, 4) is 0 Å². The van der Waals surface area contributed by atoms with Gasteiger partial charge < -0.3 is 14.5 Å². The molecule has 0 aliphatic carbocycles. The first-order valence-corrected chi connectivity index (χ1v) is 9.23. The number of nitrogens with zero attached hydrogens (tertiary/aromatic N) is 1. The Labute approximate surface area is 149 Å². The van der Waals surface area contributed by atoms with Gasteiger partial charge in [0, 0.05) is 19.2 Å². The number of sulfonamides is 1. The summed E-state index contributed by atoms with van der Waals surface area (Å²) in [7, 11) is -2.46. The van der Waals surface area contributed by atoms with Crippen molar-refractivity contribution >= 4 is 28.4 Å². The number of furan rings is 1. The van der Waals surface area contributed by atoms with Crippen LogP contribution in [0.3, 0.4) is 0 Å². The number of piperidine rings is 1. The van der Waals surface area contributed by atoms with Crippen molar-refractivity contribution in [1.82, 2.24) is 9.62 Å². The second-order valence-electron chi connectivity index (χ2n) is 5.68. The van der Waals surface area contributed by atoms with Crippen molar-refractivity contribution in [2.75, 3.05) is 33.3 Å². The number of carbonyl (C=O) groups excluding carboxylic acids is 1. The van der Waals surface area contributed by atoms with Crippen molar-refractivity contribution in [2.45, 2.75) is 31.8 Å². The molecule has 1 N–H and O–H groups in total. The molecule has 0 unspecified atom stereocenters. The van der Waals surface area contributed by atoms with Gasteiger partial charge in [-0.3, -0.25) is 0 Å². The number of halogens is 1. The van der Waals surface area contributed by atoms with Gasteiger partial charge in [0.05, 0.1) is 7.11 Å². The van der Waals surface area contributed by atoms with Gasteiger partial charge in [-0.15, -0.1) is 12.4 Å². The van der Waals surface area contributed by atoms with Gasteiger partial charge >= 0.3 is 5.97 Å². The summed E-state index contributed by atoms with van der Waals surface area (Å²) < 4.78 is 36.7. The lowest BCUT2D eigenvalue weighted by atomic mass is 9.98. The Kier molecular flexibility index (Phi) is 7.72. The maximum Gasteiger partial charge on any atom is 0.341 e. The summed E-state index contributed by atoms with van der Waals surface area (Å²) in [6.07, 6.45) is 1.63. The molecule has 0 aromatic carbocycles. The van der Waals surface area contributed by atoms with Crippen molar-refractivity contribution in [3.05, 3.63) is 17.4 Å². The number of hydrogen-bond donors (Lipinski definition) is 1. The number of hydrogen-bond acceptors (Lipinski definition) is 6. The molecule has 7 nitrogen and oxygen atoms in total. The first-order valence-electron chi connectivity index (χ1n) is 7.79. The quantitative estimate of drug-likeness (QED) is 0.757. The molecule has 1 saturated heterocycles. The van der Waals surface area contributed by atoms with Gasteiger partial charge in [0.25, 0.3) is 10.0 Å². The highest BCUT2D eigenvalue weighted by Gasteiger charge is 2.33. The average Bonchev–Trinajstić information content (AvgIpc) is 2.95. The zero-order valence-electron chi connectivity index (χ0n) is 14.2. The molecule has 1 aliphatic rings. The van der Waals surface area contributed by atoms with Gasteiger partial charge in [-0.25, -0.2) is 13.2 Å². The van der Waals surface area contributed by atoms with E-state index in [2.05, 4.69) is 17.0 Å². The molecule has 1 aromatic rings. The average molecular weight is 381 g/mol. The number of nitrogens with one attached hydrogen (secondary N) is 1. The zero-order chi connectivity index (χ0) is 17.0. The monoisotopic (exact) mass is 380 g/mol. The minimum Gasteiger partial charge on any atom is -0.465 e. The molecule has 2 rings (SSSR count). The summed E-state index contributed by atoms with van der Waals surface area (Å²) in [6.45, 7) is 6.36. The number of ether oxygens (including phenoxy) is 1. The molecule has 0 spiro atoms. The predicted octanol–water partition coefficient (Wildman–Crippen LogP) is 1.81. The highest BCUT2D eigenvalue weighted by atomic mass is 35.5. The van der Waals surface area contributed by atoms with Gasteiger partial charge in [0.1, 0.15) is 11.3 Å². The summed E-state index contributed by atoms with van der Waals surface area (Å²) in [4.78, 5) is 11.6. The van der Waals surface area contributed by atoms with Crippen LogP contribution in [0.1, 0.15) is 35.9 Å². The van der Waals surface area contributed by atoms with Crippen LogP contribution in [0.25, 0.3) is 0 Å².